The summed E-state index contributed by atoms with van der Waals surface area (Å²) in [6.45, 7) is 17.9. The lowest BCUT2D eigenvalue weighted by Crippen LogP contribution is -2.32. The topological polar surface area (TPSA) is 20.2 Å². The fraction of sp³-hybridized carbons (Fsp3) is 0.833. The molecule has 0 bridgehead atoms. The monoisotopic (exact) mass is 244 g/mol. The molecular weight excluding hydrogens is 216 g/mol. The highest BCUT2D eigenvalue weighted by Gasteiger charge is 2.27. The van der Waals surface area contributed by atoms with E-state index in [0.29, 0.717) is 0 Å². The molecule has 0 fully saturated rings. The zero-order valence-electron chi connectivity index (χ0n) is 11.7. The average molecular weight is 245 g/mol. The van der Waals surface area contributed by atoms with Crippen molar-refractivity contribution in [3.8, 4) is 0 Å². The van der Waals surface area contributed by atoms with E-state index in [1.807, 2.05) is 13.8 Å². The van der Waals surface area contributed by atoms with Crippen LogP contribution < -0.4 is 0 Å². The molecule has 0 aliphatic rings. The quantitative estimate of drug-likeness (QED) is 0.744. The van der Waals surface area contributed by atoms with Gasteiger partial charge < -0.3 is 5.11 Å². The van der Waals surface area contributed by atoms with E-state index in [-0.39, 0.29) is 0 Å². The first-order chi connectivity index (χ1) is 6.31. The second-order valence-corrected chi connectivity index (χ2v) is 17.8. The molecule has 0 aromatic rings. The first kappa shape index (κ1) is 15.1. The molecule has 15 heavy (non-hydrogen) atoms. The number of hydrogen-bond donors (Lipinski definition) is 1. The van der Waals surface area contributed by atoms with Crippen LogP contribution in [0.2, 0.25) is 45.3 Å². The molecule has 0 aromatic carbocycles. The van der Waals surface area contributed by atoms with Crippen molar-refractivity contribution in [2.45, 2.75) is 64.8 Å². The molecular formula is C12H28OSi2. The summed E-state index contributed by atoms with van der Waals surface area (Å²) < 4.78 is 0. The second-order valence-electron chi connectivity index (χ2n) is 7.33. The maximum absolute atomic E-state index is 10.2. The molecule has 0 saturated heterocycles. The molecule has 0 rings (SSSR count). The van der Waals surface area contributed by atoms with Crippen molar-refractivity contribution in [3.63, 3.8) is 0 Å². The molecule has 0 unspecified atom stereocenters. The number of rotatable bonds is 4. The first-order valence-corrected chi connectivity index (χ1v) is 13.0. The Balaban J connectivity index is 5.02. The Morgan fingerprint density at radius 3 is 1.67 bits per heavy atom. The number of hydrogen-bond acceptors (Lipinski definition) is 1. The summed E-state index contributed by atoms with van der Waals surface area (Å²) >= 11 is 0. The number of aliphatic hydroxyl groups is 1. The van der Waals surface area contributed by atoms with Gasteiger partial charge in [0.05, 0.1) is 13.7 Å². The van der Waals surface area contributed by atoms with Crippen molar-refractivity contribution in [2.75, 3.05) is 0 Å². The van der Waals surface area contributed by atoms with Crippen LogP contribution in [0.1, 0.15) is 13.8 Å². The normalized spacial score (nSPS) is 15.7. The lowest BCUT2D eigenvalue weighted by Gasteiger charge is -2.29. The predicted octanol–water partition coefficient (Wildman–Crippen LogP) is 3.90. The predicted molar refractivity (Wildman–Crippen MR) is 75.9 cm³/mol. The van der Waals surface area contributed by atoms with Gasteiger partial charge in [0.15, 0.2) is 0 Å². The summed E-state index contributed by atoms with van der Waals surface area (Å²) in [5, 5.41) is 10.2. The van der Waals surface area contributed by atoms with Crippen molar-refractivity contribution in [1.82, 2.24) is 0 Å². The first-order valence-electron chi connectivity index (χ1n) is 5.76. The molecule has 1 nitrogen and oxygen atoms in total. The zero-order chi connectivity index (χ0) is 12.5. The Morgan fingerprint density at radius 2 is 1.47 bits per heavy atom. The molecule has 3 heteroatoms. The van der Waals surface area contributed by atoms with E-state index < -0.39 is 21.7 Å². The summed E-state index contributed by atoms with van der Waals surface area (Å²) in [6, 6.07) is 1.11. The highest BCUT2D eigenvalue weighted by molar-refractivity contribution is 6.81. The van der Waals surface area contributed by atoms with E-state index >= 15 is 0 Å². The van der Waals surface area contributed by atoms with Crippen molar-refractivity contribution in [1.29, 1.82) is 0 Å². The molecule has 0 heterocycles. The summed E-state index contributed by atoms with van der Waals surface area (Å²) in [6.07, 6.45) is 0. The van der Waals surface area contributed by atoms with Gasteiger partial charge in [-0.05, 0) is 25.5 Å². The van der Waals surface area contributed by atoms with Crippen LogP contribution in [-0.2, 0) is 0 Å². The van der Waals surface area contributed by atoms with Gasteiger partial charge in [-0.2, -0.15) is 0 Å². The smallest absolute Gasteiger partial charge is 0.0794 e. The van der Waals surface area contributed by atoms with E-state index in [9.17, 15) is 5.11 Å². The molecule has 0 radical (unpaired) electrons. The third kappa shape index (κ3) is 7.99. The van der Waals surface area contributed by atoms with Crippen LogP contribution in [0.15, 0.2) is 11.3 Å². The van der Waals surface area contributed by atoms with E-state index in [4.69, 9.17) is 0 Å². The van der Waals surface area contributed by atoms with Gasteiger partial charge in [0.1, 0.15) is 0 Å². The van der Waals surface area contributed by atoms with Gasteiger partial charge in [0.2, 0.25) is 0 Å². The van der Waals surface area contributed by atoms with Gasteiger partial charge in [-0.25, -0.2) is 0 Å². The summed E-state index contributed by atoms with van der Waals surface area (Å²) in [7, 11) is -2.37. The molecule has 0 spiro atoms. The second kappa shape index (κ2) is 4.56. The van der Waals surface area contributed by atoms with Gasteiger partial charge in [-0.3, -0.25) is 0 Å². The Bertz CT molecular complexity index is 236. The van der Waals surface area contributed by atoms with Crippen LogP contribution in [0.5, 0.6) is 0 Å². The third-order valence-corrected chi connectivity index (χ3v) is 4.77. The molecule has 0 aliphatic carbocycles. The fourth-order valence-corrected chi connectivity index (χ4v) is 4.92. The minimum Gasteiger partial charge on any atom is -0.386 e. The minimum atomic E-state index is -1.23. The van der Waals surface area contributed by atoms with E-state index in [1.54, 1.807) is 0 Å². The van der Waals surface area contributed by atoms with Crippen LogP contribution in [0.4, 0.5) is 0 Å². The Morgan fingerprint density at radius 1 is 1.07 bits per heavy atom. The standard InChI is InChI=1S/C12H28OSi2/c1-12(2,13)11(9-14(3,4)5)10-15(6,7)8/h9,13H,10H2,1-8H3/b11-9+. The molecule has 0 aliphatic heterocycles. The van der Waals surface area contributed by atoms with Crippen LogP contribution >= 0.6 is 0 Å². The maximum atomic E-state index is 10.2. The summed E-state index contributed by atoms with van der Waals surface area (Å²) in [4.78, 5) is 0. The van der Waals surface area contributed by atoms with Crippen LogP contribution in [0.25, 0.3) is 0 Å². The lowest BCUT2D eigenvalue weighted by molar-refractivity contribution is 0.120. The molecule has 0 aromatic heterocycles. The van der Waals surface area contributed by atoms with Crippen molar-refractivity contribution < 1.29 is 5.11 Å². The van der Waals surface area contributed by atoms with Gasteiger partial charge in [-0.1, -0.05) is 45.0 Å². The fourth-order valence-electron chi connectivity index (χ4n) is 1.54. The van der Waals surface area contributed by atoms with Crippen LogP contribution in [-0.4, -0.2) is 26.9 Å². The van der Waals surface area contributed by atoms with E-state index in [0.717, 1.165) is 6.04 Å². The van der Waals surface area contributed by atoms with Gasteiger partial charge in [0, 0.05) is 8.07 Å². The summed E-state index contributed by atoms with van der Waals surface area (Å²) in [5.74, 6) is 0. The largest absolute Gasteiger partial charge is 0.386 e. The highest BCUT2D eigenvalue weighted by Crippen LogP contribution is 2.27. The Labute approximate surface area is 97.6 Å². The summed E-state index contributed by atoms with van der Waals surface area (Å²) in [5.41, 5.74) is 3.01. The SMILES string of the molecule is CC(C)(O)/C(=C/[Si](C)(C)C)C[Si](C)(C)C. The van der Waals surface area contributed by atoms with E-state index in [1.165, 1.54) is 5.57 Å². The lowest BCUT2D eigenvalue weighted by atomic mass is 10.0. The van der Waals surface area contributed by atoms with Crippen molar-refractivity contribution in [2.24, 2.45) is 0 Å². The average Bonchev–Trinajstić information content (AvgIpc) is 1.75. The van der Waals surface area contributed by atoms with E-state index in [2.05, 4.69) is 45.0 Å². The minimum absolute atomic E-state index is 0.638. The van der Waals surface area contributed by atoms with Crippen molar-refractivity contribution >= 4 is 16.1 Å². The van der Waals surface area contributed by atoms with Gasteiger partial charge >= 0.3 is 0 Å². The highest BCUT2D eigenvalue weighted by atomic mass is 28.3. The van der Waals surface area contributed by atoms with Gasteiger partial charge in [-0.15, -0.1) is 0 Å². The van der Waals surface area contributed by atoms with Crippen LogP contribution in [0, 0.1) is 0 Å². The van der Waals surface area contributed by atoms with Gasteiger partial charge in [0.25, 0.3) is 0 Å². The van der Waals surface area contributed by atoms with Crippen molar-refractivity contribution in [3.05, 3.63) is 11.3 Å². The van der Waals surface area contributed by atoms with Crippen LogP contribution in [0.3, 0.4) is 0 Å². The third-order valence-electron chi connectivity index (χ3n) is 2.11. The molecule has 1 N–H and O–H groups in total. The Kier molecular flexibility index (Phi) is 4.60. The maximum Gasteiger partial charge on any atom is 0.0794 e. The molecule has 0 saturated carbocycles. The molecule has 0 atom stereocenters. The Hall–Kier alpha value is 0.134. The molecule has 0 amide bonds. The zero-order valence-corrected chi connectivity index (χ0v) is 13.7. The molecule has 90 valence electrons.